The van der Waals surface area contributed by atoms with E-state index >= 15 is 0 Å². The molecule has 78 valence electrons. The molecule has 2 rings (SSSR count). The molecule has 0 N–H and O–H groups in total. The molecule has 0 saturated carbocycles. The van der Waals surface area contributed by atoms with Gasteiger partial charge in [0.25, 0.3) is 0 Å². The second-order valence-corrected chi connectivity index (χ2v) is 4.52. The summed E-state index contributed by atoms with van der Waals surface area (Å²) in [7, 11) is 5.66. The van der Waals surface area contributed by atoms with Crippen molar-refractivity contribution in [1.82, 2.24) is 4.90 Å². The molecule has 0 aromatic heterocycles. The van der Waals surface area contributed by atoms with Gasteiger partial charge in [0.05, 0.1) is 0 Å². The van der Waals surface area contributed by atoms with Crippen molar-refractivity contribution in [1.29, 1.82) is 0 Å². The van der Waals surface area contributed by atoms with Crippen LogP contribution in [-0.2, 0) is 6.42 Å². The third-order valence-electron chi connectivity index (χ3n) is 3.36. The van der Waals surface area contributed by atoms with Gasteiger partial charge in [0.1, 0.15) is 7.85 Å². The van der Waals surface area contributed by atoms with E-state index in [1.165, 1.54) is 31.5 Å². The Morgan fingerprint density at radius 3 is 2.67 bits per heavy atom. The molecule has 0 spiro atoms. The van der Waals surface area contributed by atoms with E-state index in [1.54, 1.807) is 0 Å². The zero-order valence-corrected chi connectivity index (χ0v) is 9.45. The van der Waals surface area contributed by atoms with Crippen molar-refractivity contribution >= 4 is 13.3 Å². The second kappa shape index (κ2) is 4.85. The van der Waals surface area contributed by atoms with Gasteiger partial charge in [0.2, 0.25) is 0 Å². The third-order valence-corrected chi connectivity index (χ3v) is 3.36. The lowest BCUT2D eigenvalue weighted by Crippen LogP contribution is -2.29. The highest BCUT2D eigenvalue weighted by molar-refractivity contribution is 6.32. The third kappa shape index (κ3) is 2.85. The molecule has 2 radical (unpaired) electrons. The van der Waals surface area contributed by atoms with Gasteiger partial charge in [-0.2, -0.15) is 0 Å². The number of likely N-dealkylation sites (tertiary alicyclic amines) is 1. The summed E-state index contributed by atoms with van der Waals surface area (Å²) in [5, 5.41) is 0. The molecule has 0 unspecified atom stereocenters. The first-order chi connectivity index (χ1) is 7.25. The van der Waals surface area contributed by atoms with Crippen LogP contribution in [0.5, 0.6) is 0 Å². The van der Waals surface area contributed by atoms with Gasteiger partial charge in [0.15, 0.2) is 0 Å². The standard InChI is InChI=1S/C13H18BN/c1-11-3-2-9-15(11)10-8-12-4-6-13(14)7-5-12/h4-7,11H,2-3,8-10H2,1H3/t11-/m1/s1. The van der Waals surface area contributed by atoms with Crippen LogP contribution in [0.15, 0.2) is 24.3 Å². The summed E-state index contributed by atoms with van der Waals surface area (Å²) in [4.78, 5) is 2.58. The average Bonchev–Trinajstić information content (AvgIpc) is 2.63. The van der Waals surface area contributed by atoms with Crippen molar-refractivity contribution in [3.63, 3.8) is 0 Å². The van der Waals surface area contributed by atoms with E-state index in [4.69, 9.17) is 7.85 Å². The first-order valence-electron chi connectivity index (χ1n) is 5.84. The van der Waals surface area contributed by atoms with Crippen molar-refractivity contribution in [3.05, 3.63) is 29.8 Å². The van der Waals surface area contributed by atoms with Gasteiger partial charge < -0.3 is 4.90 Å². The van der Waals surface area contributed by atoms with E-state index in [0.717, 1.165) is 17.9 Å². The lowest BCUT2D eigenvalue weighted by molar-refractivity contribution is 0.272. The fourth-order valence-electron chi connectivity index (χ4n) is 2.28. The first-order valence-corrected chi connectivity index (χ1v) is 5.84. The fourth-order valence-corrected chi connectivity index (χ4v) is 2.28. The lowest BCUT2D eigenvalue weighted by Gasteiger charge is -2.20. The molecule has 1 aromatic carbocycles. The van der Waals surface area contributed by atoms with Crippen LogP contribution in [-0.4, -0.2) is 31.9 Å². The predicted octanol–water partition coefficient (Wildman–Crippen LogP) is 1.51. The summed E-state index contributed by atoms with van der Waals surface area (Å²) in [6.45, 7) is 4.79. The van der Waals surface area contributed by atoms with Gasteiger partial charge in [-0.05, 0) is 38.3 Å². The molecule has 0 aliphatic carbocycles. The number of hydrogen-bond donors (Lipinski definition) is 0. The van der Waals surface area contributed by atoms with Gasteiger partial charge in [0, 0.05) is 12.6 Å². The minimum atomic E-state index is 0.777. The lowest BCUT2D eigenvalue weighted by atomic mass is 9.95. The zero-order valence-electron chi connectivity index (χ0n) is 9.45. The van der Waals surface area contributed by atoms with Crippen LogP contribution in [0.4, 0.5) is 0 Å². The minimum Gasteiger partial charge on any atom is -0.300 e. The van der Waals surface area contributed by atoms with Crippen LogP contribution < -0.4 is 5.46 Å². The van der Waals surface area contributed by atoms with Crippen LogP contribution in [0.3, 0.4) is 0 Å². The summed E-state index contributed by atoms with van der Waals surface area (Å²) in [5.41, 5.74) is 2.25. The molecule has 1 fully saturated rings. The van der Waals surface area contributed by atoms with Gasteiger partial charge >= 0.3 is 0 Å². The van der Waals surface area contributed by atoms with E-state index in [0.29, 0.717) is 0 Å². The van der Waals surface area contributed by atoms with Gasteiger partial charge in [-0.15, -0.1) is 0 Å². The Morgan fingerprint density at radius 1 is 1.33 bits per heavy atom. The van der Waals surface area contributed by atoms with Crippen molar-refractivity contribution in [3.8, 4) is 0 Å². The van der Waals surface area contributed by atoms with Crippen molar-refractivity contribution < 1.29 is 0 Å². The van der Waals surface area contributed by atoms with Crippen LogP contribution in [0.25, 0.3) is 0 Å². The number of hydrogen-bond acceptors (Lipinski definition) is 1. The molecule has 0 bridgehead atoms. The molecule has 15 heavy (non-hydrogen) atoms. The molecule has 2 heteroatoms. The highest BCUT2D eigenvalue weighted by Gasteiger charge is 2.19. The molecule has 1 aliphatic rings. The van der Waals surface area contributed by atoms with Gasteiger partial charge in [-0.25, -0.2) is 0 Å². The Bertz CT molecular complexity index is 307. The van der Waals surface area contributed by atoms with Gasteiger partial charge in [-0.3, -0.25) is 0 Å². The topological polar surface area (TPSA) is 3.24 Å². The van der Waals surface area contributed by atoms with E-state index in [2.05, 4.69) is 24.0 Å². The predicted molar refractivity (Wildman–Crippen MR) is 65.8 cm³/mol. The Kier molecular flexibility index (Phi) is 3.47. The minimum absolute atomic E-state index is 0.777. The maximum Gasteiger partial charge on any atom is 0.113 e. The van der Waals surface area contributed by atoms with Crippen LogP contribution in [0.1, 0.15) is 25.3 Å². The first kappa shape index (κ1) is 10.8. The number of rotatable bonds is 3. The molecule has 1 nitrogen and oxygen atoms in total. The Labute approximate surface area is 93.9 Å². The summed E-state index contributed by atoms with van der Waals surface area (Å²) in [6, 6.07) is 9.02. The summed E-state index contributed by atoms with van der Waals surface area (Å²) < 4.78 is 0. The second-order valence-electron chi connectivity index (χ2n) is 4.52. The van der Waals surface area contributed by atoms with Gasteiger partial charge in [-0.1, -0.05) is 29.7 Å². The molecule has 1 aromatic rings. The molecule has 0 amide bonds. The van der Waals surface area contributed by atoms with Crippen molar-refractivity contribution in [2.75, 3.05) is 13.1 Å². The van der Waals surface area contributed by atoms with Crippen molar-refractivity contribution in [2.24, 2.45) is 0 Å². The zero-order chi connectivity index (χ0) is 10.7. The van der Waals surface area contributed by atoms with Crippen molar-refractivity contribution in [2.45, 2.75) is 32.2 Å². The summed E-state index contributed by atoms with van der Waals surface area (Å²) in [5.74, 6) is 0. The largest absolute Gasteiger partial charge is 0.300 e. The number of benzene rings is 1. The molecule has 1 aliphatic heterocycles. The van der Waals surface area contributed by atoms with Crippen LogP contribution in [0.2, 0.25) is 0 Å². The van der Waals surface area contributed by atoms with Crippen LogP contribution in [0, 0.1) is 0 Å². The molecular weight excluding hydrogens is 181 g/mol. The number of nitrogens with zero attached hydrogens (tertiary/aromatic N) is 1. The molecular formula is C13H18BN. The molecule has 1 atom stereocenters. The molecule has 1 heterocycles. The fraction of sp³-hybridized carbons (Fsp3) is 0.538. The highest BCUT2D eigenvalue weighted by Crippen LogP contribution is 2.16. The maximum absolute atomic E-state index is 5.66. The normalized spacial score (nSPS) is 22.1. The van der Waals surface area contributed by atoms with Crippen LogP contribution >= 0.6 is 0 Å². The van der Waals surface area contributed by atoms with E-state index in [9.17, 15) is 0 Å². The van der Waals surface area contributed by atoms with E-state index in [-0.39, 0.29) is 0 Å². The Hall–Kier alpha value is -0.755. The molecule has 1 saturated heterocycles. The SMILES string of the molecule is [B]c1ccc(CCN2CCC[C@H]2C)cc1. The smallest absolute Gasteiger partial charge is 0.113 e. The summed E-state index contributed by atoms with van der Waals surface area (Å²) >= 11 is 0. The maximum atomic E-state index is 5.66. The monoisotopic (exact) mass is 199 g/mol. The highest BCUT2D eigenvalue weighted by atomic mass is 15.2. The Balaban J connectivity index is 1.85. The van der Waals surface area contributed by atoms with E-state index in [1.807, 2.05) is 12.1 Å². The van der Waals surface area contributed by atoms with E-state index < -0.39 is 0 Å². The quantitative estimate of drug-likeness (QED) is 0.667. The Morgan fingerprint density at radius 2 is 2.07 bits per heavy atom. The summed E-state index contributed by atoms with van der Waals surface area (Å²) in [6.07, 6.45) is 3.87. The average molecular weight is 199 g/mol.